The molecule has 0 spiro atoms. The highest BCUT2D eigenvalue weighted by molar-refractivity contribution is 5.98. The van der Waals surface area contributed by atoms with Crippen LogP contribution in [0.1, 0.15) is 74.2 Å². The van der Waals surface area contributed by atoms with Crippen LogP contribution in [0.4, 0.5) is 0 Å². The second-order valence-electron chi connectivity index (χ2n) is 7.07. The first-order valence-electron chi connectivity index (χ1n) is 9.61. The fourth-order valence-electron chi connectivity index (χ4n) is 3.62. The molecule has 2 N–H and O–H groups in total. The van der Waals surface area contributed by atoms with Crippen LogP contribution in [0.15, 0.2) is 24.3 Å². The Morgan fingerprint density at radius 1 is 1.12 bits per heavy atom. The average Bonchev–Trinajstić information content (AvgIpc) is 2.67. The number of benzene rings is 1. The van der Waals surface area contributed by atoms with E-state index in [1.807, 2.05) is 38.1 Å². The standard InChI is InChI=1S/C21H31NO3/c1-3-13-25-21(24)19(4-2)16-9-11-18(12-10-16)20(23)17-7-5-15(14-22)6-8-17/h9-12,15,17,19H,3-8,13-14,22H2,1-2H3. The average molecular weight is 345 g/mol. The van der Waals surface area contributed by atoms with Gasteiger partial charge < -0.3 is 10.5 Å². The van der Waals surface area contributed by atoms with E-state index in [1.54, 1.807) is 0 Å². The van der Waals surface area contributed by atoms with E-state index in [2.05, 4.69) is 0 Å². The molecule has 0 saturated heterocycles. The Kier molecular flexibility index (Phi) is 7.63. The Morgan fingerprint density at radius 3 is 2.28 bits per heavy atom. The molecule has 2 rings (SSSR count). The van der Waals surface area contributed by atoms with Gasteiger partial charge in [-0.3, -0.25) is 9.59 Å². The van der Waals surface area contributed by atoms with Gasteiger partial charge in [0, 0.05) is 11.5 Å². The van der Waals surface area contributed by atoms with Crippen LogP contribution in [0.5, 0.6) is 0 Å². The van der Waals surface area contributed by atoms with Crippen LogP contribution >= 0.6 is 0 Å². The highest BCUT2D eigenvalue weighted by atomic mass is 16.5. The molecule has 0 aliphatic heterocycles. The smallest absolute Gasteiger partial charge is 0.313 e. The Morgan fingerprint density at radius 2 is 1.76 bits per heavy atom. The quantitative estimate of drug-likeness (QED) is 0.569. The van der Waals surface area contributed by atoms with Crippen LogP contribution in [-0.4, -0.2) is 24.9 Å². The van der Waals surface area contributed by atoms with Gasteiger partial charge in [0.2, 0.25) is 0 Å². The zero-order valence-corrected chi connectivity index (χ0v) is 15.5. The number of ketones is 1. The maximum atomic E-state index is 12.7. The Labute approximate surface area is 151 Å². The van der Waals surface area contributed by atoms with Crippen LogP contribution in [0, 0.1) is 11.8 Å². The van der Waals surface area contributed by atoms with Gasteiger partial charge in [0.25, 0.3) is 0 Å². The maximum absolute atomic E-state index is 12.7. The predicted molar refractivity (Wildman–Crippen MR) is 99.6 cm³/mol. The second-order valence-corrected chi connectivity index (χ2v) is 7.07. The summed E-state index contributed by atoms with van der Waals surface area (Å²) in [5, 5.41) is 0. The fraction of sp³-hybridized carbons (Fsp3) is 0.619. The number of hydrogen-bond donors (Lipinski definition) is 1. The summed E-state index contributed by atoms with van der Waals surface area (Å²) in [5.41, 5.74) is 7.40. The van der Waals surface area contributed by atoms with Crippen molar-refractivity contribution in [2.45, 2.75) is 58.3 Å². The van der Waals surface area contributed by atoms with Crippen molar-refractivity contribution in [3.05, 3.63) is 35.4 Å². The van der Waals surface area contributed by atoms with E-state index in [-0.39, 0.29) is 23.6 Å². The summed E-state index contributed by atoms with van der Waals surface area (Å²) in [7, 11) is 0. The summed E-state index contributed by atoms with van der Waals surface area (Å²) < 4.78 is 5.28. The number of carbonyl (C=O) groups is 2. The third-order valence-corrected chi connectivity index (χ3v) is 5.29. The van der Waals surface area contributed by atoms with E-state index < -0.39 is 0 Å². The molecule has 1 saturated carbocycles. The van der Waals surface area contributed by atoms with E-state index >= 15 is 0 Å². The van der Waals surface area contributed by atoms with Crippen molar-refractivity contribution in [3.8, 4) is 0 Å². The lowest BCUT2D eigenvalue weighted by Gasteiger charge is -2.26. The Balaban J connectivity index is 2.01. The summed E-state index contributed by atoms with van der Waals surface area (Å²) in [6.45, 7) is 5.14. The molecule has 0 bridgehead atoms. The summed E-state index contributed by atoms with van der Waals surface area (Å²) >= 11 is 0. The van der Waals surface area contributed by atoms with Crippen molar-refractivity contribution in [2.24, 2.45) is 17.6 Å². The number of rotatable bonds is 8. The third kappa shape index (κ3) is 5.15. The molecule has 0 aromatic heterocycles. The van der Waals surface area contributed by atoms with Crippen molar-refractivity contribution < 1.29 is 14.3 Å². The van der Waals surface area contributed by atoms with Crippen molar-refractivity contribution in [1.29, 1.82) is 0 Å². The van der Waals surface area contributed by atoms with Crippen LogP contribution in [0.3, 0.4) is 0 Å². The number of Topliss-reactive ketones (excluding diaryl/α,β-unsaturated/α-hetero) is 1. The molecule has 0 heterocycles. The van der Waals surface area contributed by atoms with Gasteiger partial charge in [0.1, 0.15) is 0 Å². The van der Waals surface area contributed by atoms with E-state index in [0.29, 0.717) is 18.9 Å². The normalized spacial score (nSPS) is 21.6. The number of ether oxygens (including phenoxy) is 1. The van der Waals surface area contributed by atoms with E-state index in [9.17, 15) is 9.59 Å². The van der Waals surface area contributed by atoms with Crippen LogP contribution < -0.4 is 5.73 Å². The highest BCUT2D eigenvalue weighted by Gasteiger charge is 2.27. The first-order chi connectivity index (χ1) is 12.1. The van der Waals surface area contributed by atoms with Crippen molar-refractivity contribution in [3.63, 3.8) is 0 Å². The Bertz CT molecular complexity index is 559. The molecular formula is C21H31NO3. The van der Waals surface area contributed by atoms with Gasteiger partial charge in [0.15, 0.2) is 5.78 Å². The number of esters is 1. The molecule has 1 atom stereocenters. The highest BCUT2D eigenvalue weighted by Crippen LogP contribution is 2.31. The van der Waals surface area contributed by atoms with Gasteiger partial charge in [-0.2, -0.15) is 0 Å². The molecule has 25 heavy (non-hydrogen) atoms. The van der Waals surface area contributed by atoms with Crippen molar-refractivity contribution >= 4 is 11.8 Å². The topological polar surface area (TPSA) is 69.4 Å². The predicted octanol–water partition coefficient (Wildman–Crippen LogP) is 4.08. The van der Waals surface area contributed by atoms with Gasteiger partial charge in [-0.05, 0) is 56.6 Å². The molecule has 0 radical (unpaired) electrons. The SMILES string of the molecule is CCCOC(=O)C(CC)c1ccc(C(=O)C2CCC(CN)CC2)cc1. The molecule has 1 unspecified atom stereocenters. The zero-order valence-electron chi connectivity index (χ0n) is 15.5. The first kappa shape index (κ1) is 19.6. The van der Waals surface area contributed by atoms with Crippen molar-refractivity contribution in [2.75, 3.05) is 13.2 Å². The minimum Gasteiger partial charge on any atom is -0.465 e. The van der Waals surface area contributed by atoms with Crippen molar-refractivity contribution in [1.82, 2.24) is 0 Å². The van der Waals surface area contributed by atoms with E-state index in [4.69, 9.17) is 10.5 Å². The summed E-state index contributed by atoms with van der Waals surface area (Å²) in [6, 6.07) is 7.53. The molecular weight excluding hydrogens is 314 g/mol. The minimum absolute atomic E-state index is 0.116. The lowest BCUT2D eigenvalue weighted by Crippen LogP contribution is -2.25. The number of nitrogens with two attached hydrogens (primary N) is 1. The van der Waals surface area contributed by atoms with Gasteiger partial charge in [-0.1, -0.05) is 38.1 Å². The summed E-state index contributed by atoms with van der Waals surface area (Å²) in [5.74, 6) is 0.485. The minimum atomic E-state index is -0.254. The largest absolute Gasteiger partial charge is 0.465 e. The molecule has 138 valence electrons. The van der Waals surface area contributed by atoms with Crippen LogP contribution in [0.2, 0.25) is 0 Å². The summed E-state index contributed by atoms with van der Waals surface area (Å²) in [4.78, 5) is 24.9. The third-order valence-electron chi connectivity index (χ3n) is 5.29. The molecule has 1 aromatic carbocycles. The lowest BCUT2D eigenvalue weighted by atomic mass is 9.78. The lowest BCUT2D eigenvalue weighted by molar-refractivity contribution is -0.145. The van der Waals surface area contributed by atoms with E-state index in [0.717, 1.165) is 49.8 Å². The van der Waals surface area contributed by atoms with E-state index in [1.165, 1.54) is 0 Å². The summed E-state index contributed by atoms with van der Waals surface area (Å²) in [6.07, 6.45) is 5.48. The van der Waals surface area contributed by atoms with Crippen LogP contribution in [-0.2, 0) is 9.53 Å². The van der Waals surface area contributed by atoms with Crippen LogP contribution in [0.25, 0.3) is 0 Å². The van der Waals surface area contributed by atoms with Gasteiger partial charge in [-0.25, -0.2) is 0 Å². The number of carbonyl (C=O) groups excluding carboxylic acids is 2. The Hall–Kier alpha value is -1.68. The monoisotopic (exact) mass is 345 g/mol. The molecule has 1 aliphatic rings. The fourth-order valence-corrected chi connectivity index (χ4v) is 3.62. The first-order valence-corrected chi connectivity index (χ1v) is 9.61. The molecule has 4 nitrogen and oxygen atoms in total. The number of hydrogen-bond acceptors (Lipinski definition) is 4. The molecule has 1 fully saturated rings. The van der Waals surface area contributed by atoms with Gasteiger partial charge in [0.05, 0.1) is 12.5 Å². The molecule has 0 amide bonds. The van der Waals surface area contributed by atoms with Gasteiger partial charge in [-0.15, -0.1) is 0 Å². The molecule has 1 aliphatic carbocycles. The zero-order chi connectivity index (χ0) is 18.2. The van der Waals surface area contributed by atoms with Gasteiger partial charge >= 0.3 is 5.97 Å². The molecule has 1 aromatic rings. The maximum Gasteiger partial charge on any atom is 0.313 e. The second kappa shape index (κ2) is 9.71. The molecule has 4 heteroatoms.